The first-order valence-corrected chi connectivity index (χ1v) is 5.63. The molecule has 1 atom stereocenters. The summed E-state index contributed by atoms with van der Waals surface area (Å²) in [6.07, 6.45) is 0.611. The summed E-state index contributed by atoms with van der Waals surface area (Å²) in [5.74, 6) is -0.0403. The summed E-state index contributed by atoms with van der Waals surface area (Å²) in [7, 11) is 0. The average molecular weight is 231 g/mol. The molecule has 2 N–H and O–H groups in total. The minimum Gasteiger partial charge on any atom is -0.327 e. The highest BCUT2D eigenvalue weighted by molar-refractivity contribution is 5.93. The third kappa shape index (κ3) is 4.25. The van der Waals surface area contributed by atoms with Crippen LogP contribution in [0.5, 0.6) is 0 Å². The van der Waals surface area contributed by atoms with Gasteiger partial charge >= 0.3 is 0 Å². The Hall–Kier alpha value is -1.86. The lowest BCUT2D eigenvalue weighted by Gasteiger charge is -2.22. The third-order valence-electron chi connectivity index (χ3n) is 2.31. The molecule has 0 spiro atoms. The number of hydrogen-bond donors (Lipinski definition) is 1. The van der Waals surface area contributed by atoms with E-state index in [1.54, 1.807) is 11.8 Å². The lowest BCUT2D eigenvalue weighted by molar-refractivity contribution is -0.118. The van der Waals surface area contributed by atoms with Gasteiger partial charge in [-0.25, -0.2) is 0 Å². The van der Waals surface area contributed by atoms with Crippen molar-refractivity contribution >= 4 is 11.6 Å². The summed E-state index contributed by atoms with van der Waals surface area (Å²) in [4.78, 5) is 13.6. The van der Waals surface area contributed by atoms with Crippen LogP contribution in [0.25, 0.3) is 0 Å². The zero-order chi connectivity index (χ0) is 12.7. The van der Waals surface area contributed by atoms with Crippen molar-refractivity contribution in [3.05, 3.63) is 30.3 Å². The van der Waals surface area contributed by atoms with Crippen LogP contribution in [0.3, 0.4) is 0 Å². The maximum Gasteiger partial charge on any atom is 0.228 e. The standard InChI is InChI=1S/C13H17N3O/c1-11(15)10-13(17)16(9-5-8-14)12-6-3-2-4-7-12/h2-4,6-7,11H,5,9-10,15H2,1H3. The Kier molecular flexibility index (Phi) is 5.18. The largest absolute Gasteiger partial charge is 0.327 e. The van der Waals surface area contributed by atoms with E-state index in [1.165, 1.54) is 0 Å². The van der Waals surface area contributed by atoms with Gasteiger partial charge in [0, 0.05) is 24.7 Å². The number of amides is 1. The molecule has 0 aliphatic heterocycles. The molecule has 1 rings (SSSR count). The van der Waals surface area contributed by atoms with Crippen molar-refractivity contribution in [2.24, 2.45) is 5.73 Å². The van der Waals surface area contributed by atoms with Crippen LogP contribution in [-0.2, 0) is 4.79 Å². The second kappa shape index (κ2) is 6.66. The first-order valence-electron chi connectivity index (χ1n) is 5.63. The highest BCUT2D eigenvalue weighted by Gasteiger charge is 2.16. The third-order valence-corrected chi connectivity index (χ3v) is 2.31. The first-order chi connectivity index (χ1) is 8.15. The van der Waals surface area contributed by atoms with Gasteiger partial charge in [0.2, 0.25) is 5.91 Å². The van der Waals surface area contributed by atoms with Gasteiger partial charge in [0.25, 0.3) is 0 Å². The second-order valence-corrected chi connectivity index (χ2v) is 3.97. The molecule has 4 nitrogen and oxygen atoms in total. The summed E-state index contributed by atoms with van der Waals surface area (Å²) >= 11 is 0. The van der Waals surface area contributed by atoms with Crippen LogP contribution >= 0.6 is 0 Å². The summed E-state index contributed by atoms with van der Waals surface area (Å²) in [5, 5.41) is 8.61. The van der Waals surface area contributed by atoms with Crippen molar-refractivity contribution in [2.45, 2.75) is 25.8 Å². The minimum atomic E-state index is -0.171. The molecule has 0 radical (unpaired) electrons. The number of nitriles is 1. The Morgan fingerprint density at radius 1 is 1.47 bits per heavy atom. The Labute approximate surface area is 102 Å². The van der Waals surface area contributed by atoms with Crippen LogP contribution in [-0.4, -0.2) is 18.5 Å². The van der Waals surface area contributed by atoms with Crippen LogP contribution in [0, 0.1) is 11.3 Å². The van der Waals surface area contributed by atoms with Crippen molar-refractivity contribution in [3.63, 3.8) is 0 Å². The first kappa shape index (κ1) is 13.2. The molecule has 0 bridgehead atoms. The van der Waals surface area contributed by atoms with E-state index in [0.717, 1.165) is 5.69 Å². The van der Waals surface area contributed by atoms with Gasteiger partial charge in [-0.05, 0) is 19.1 Å². The summed E-state index contributed by atoms with van der Waals surface area (Å²) in [6.45, 7) is 2.21. The summed E-state index contributed by atoms with van der Waals surface area (Å²) in [6, 6.07) is 11.2. The lowest BCUT2D eigenvalue weighted by Crippen LogP contribution is -2.35. The predicted octanol–water partition coefficient (Wildman–Crippen LogP) is 1.67. The molecule has 0 aliphatic rings. The number of benzene rings is 1. The van der Waals surface area contributed by atoms with Gasteiger partial charge in [0.05, 0.1) is 12.5 Å². The van der Waals surface area contributed by atoms with Gasteiger partial charge in [0.1, 0.15) is 0 Å². The Morgan fingerprint density at radius 3 is 2.65 bits per heavy atom. The van der Waals surface area contributed by atoms with Crippen LogP contribution < -0.4 is 10.6 Å². The van der Waals surface area contributed by atoms with Crippen molar-refractivity contribution in [3.8, 4) is 6.07 Å². The zero-order valence-corrected chi connectivity index (χ0v) is 9.97. The molecule has 0 heterocycles. The number of para-hydroxylation sites is 1. The van der Waals surface area contributed by atoms with Crippen molar-refractivity contribution in [2.75, 3.05) is 11.4 Å². The number of nitrogens with zero attached hydrogens (tertiary/aromatic N) is 2. The van der Waals surface area contributed by atoms with Gasteiger partial charge in [-0.1, -0.05) is 18.2 Å². The predicted molar refractivity (Wildman–Crippen MR) is 67.3 cm³/mol. The number of carbonyl (C=O) groups excluding carboxylic acids is 1. The smallest absolute Gasteiger partial charge is 0.228 e. The van der Waals surface area contributed by atoms with Crippen LogP contribution in [0.1, 0.15) is 19.8 Å². The fourth-order valence-electron chi connectivity index (χ4n) is 1.55. The molecule has 0 aliphatic carbocycles. The number of anilines is 1. The Bertz CT molecular complexity index is 395. The zero-order valence-electron chi connectivity index (χ0n) is 9.97. The fraction of sp³-hybridized carbons (Fsp3) is 0.385. The molecule has 17 heavy (non-hydrogen) atoms. The highest BCUT2D eigenvalue weighted by Crippen LogP contribution is 2.15. The van der Waals surface area contributed by atoms with E-state index in [-0.39, 0.29) is 11.9 Å². The number of carbonyl (C=O) groups is 1. The molecule has 0 saturated carbocycles. The Morgan fingerprint density at radius 2 is 2.12 bits per heavy atom. The summed E-state index contributed by atoms with van der Waals surface area (Å²) < 4.78 is 0. The van der Waals surface area contributed by atoms with E-state index in [4.69, 9.17) is 11.0 Å². The lowest BCUT2D eigenvalue weighted by atomic mass is 10.2. The molecule has 4 heteroatoms. The quantitative estimate of drug-likeness (QED) is 0.838. The van der Waals surface area contributed by atoms with E-state index in [2.05, 4.69) is 6.07 Å². The maximum atomic E-state index is 12.0. The molecule has 1 amide bonds. The van der Waals surface area contributed by atoms with E-state index >= 15 is 0 Å². The van der Waals surface area contributed by atoms with Crippen LogP contribution in [0.4, 0.5) is 5.69 Å². The topological polar surface area (TPSA) is 70.1 Å². The molecule has 90 valence electrons. The van der Waals surface area contributed by atoms with Gasteiger partial charge < -0.3 is 10.6 Å². The van der Waals surface area contributed by atoms with Gasteiger partial charge in [0.15, 0.2) is 0 Å². The molecule has 1 aromatic rings. The molecule has 1 unspecified atom stereocenters. The number of rotatable bonds is 5. The molecular formula is C13H17N3O. The fourth-order valence-corrected chi connectivity index (χ4v) is 1.55. The van der Waals surface area contributed by atoms with E-state index in [1.807, 2.05) is 30.3 Å². The van der Waals surface area contributed by atoms with E-state index in [9.17, 15) is 4.79 Å². The van der Waals surface area contributed by atoms with Crippen molar-refractivity contribution < 1.29 is 4.79 Å². The monoisotopic (exact) mass is 231 g/mol. The van der Waals surface area contributed by atoms with Gasteiger partial charge in [-0.3, -0.25) is 4.79 Å². The molecule has 0 saturated heterocycles. The molecule has 1 aromatic carbocycles. The van der Waals surface area contributed by atoms with Gasteiger partial charge in [-0.15, -0.1) is 0 Å². The molecule has 0 aromatic heterocycles. The van der Waals surface area contributed by atoms with E-state index < -0.39 is 0 Å². The SMILES string of the molecule is CC(N)CC(=O)N(CCC#N)c1ccccc1. The van der Waals surface area contributed by atoms with Gasteiger partial charge in [-0.2, -0.15) is 5.26 Å². The minimum absolute atomic E-state index is 0.0403. The second-order valence-electron chi connectivity index (χ2n) is 3.97. The number of nitrogens with two attached hydrogens (primary N) is 1. The molecular weight excluding hydrogens is 214 g/mol. The van der Waals surface area contributed by atoms with Crippen LogP contribution in [0.15, 0.2) is 30.3 Å². The maximum absolute atomic E-state index is 12.0. The van der Waals surface area contributed by atoms with Crippen molar-refractivity contribution in [1.29, 1.82) is 5.26 Å². The van der Waals surface area contributed by atoms with Crippen LogP contribution in [0.2, 0.25) is 0 Å². The van der Waals surface area contributed by atoms with E-state index in [0.29, 0.717) is 19.4 Å². The normalized spacial score (nSPS) is 11.6. The van der Waals surface area contributed by atoms with Crippen molar-refractivity contribution in [1.82, 2.24) is 0 Å². The number of hydrogen-bond acceptors (Lipinski definition) is 3. The average Bonchev–Trinajstić information content (AvgIpc) is 2.30. The summed E-state index contributed by atoms with van der Waals surface area (Å²) in [5.41, 5.74) is 6.44. The highest BCUT2D eigenvalue weighted by atomic mass is 16.2. The Balaban J connectivity index is 2.81. The molecule has 0 fully saturated rings.